The Morgan fingerprint density at radius 2 is 1.95 bits per heavy atom. The van der Waals surface area contributed by atoms with Crippen molar-refractivity contribution >= 4 is 5.97 Å². The molecule has 0 radical (unpaired) electrons. The fourth-order valence-electron chi connectivity index (χ4n) is 2.22. The maximum absolute atomic E-state index is 11.3. The highest BCUT2D eigenvalue weighted by atomic mass is 16.5. The number of benzene rings is 1. The minimum atomic E-state index is -0.0851. The summed E-state index contributed by atoms with van der Waals surface area (Å²) >= 11 is 0. The first-order valence-electron chi connectivity index (χ1n) is 7.56. The van der Waals surface area contributed by atoms with Gasteiger partial charge in [-0.05, 0) is 31.2 Å². The molecular formula is C17H27NO2. The monoisotopic (exact) mass is 277 g/mol. The van der Waals surface area contributed by atoms with Crippen LogP contribution in [0.25, 0.3) is 0 Å². The van der Waals surface area contributed by atoms with Crippen LogP contribution in [-0.4, -0.2) is 18.6 Å². The molecule has 3 heteroatoms. The van der Waals surface area contributed by atoms with Gasteiger partial charge in [-0.25, -0.2) is 0 Å². The Morgan fingerprint density at radius 1 is 1.25 bits per heavy atom. The van der Waals surface area contributed by atoms with Gasteiger partial charge in [-0.3, -0.25) is 4.79 Å². The molecule has 0 saturated heterocycles. The van der Waals surface area contributed by atoms with Crippen molar-refractivity contribution in [2.24, 2.45) is 5.92 Å². The van der Waals surface area contributed by atoms with Gasteiger partial charge >= 0.3 is 5.97 Å². The molecule has 0 aliphatic rings. The molecule has 3 nitrogen and oxygen atoms in total. The van der Waals surface area contributed by atoms with Crippen molar-refractivity contribution in [1.82, 2.24) is 5.32 Å². The van der Waals surface area contributed by atoms with Crippen LogP contribution < -0.4 is 5.32 Å². The number of rotatable bonds is 9. The van der Waals surface area contributed by atoms with Crippen LogP contribution in [0.1, 0.15) is 45.6 Å². The van der Waals surface area contributed by atoms with Crippen LogP contribution in [0.15, 0.2) is 30.3 Å². The predicted molar refractivity (Wildman–Crippen MR) is 82.4 cm³/mol. The Balaban J connectivity index is 2.31. The molecule has 1 rings (SSSR count). The van der Waals surface area contributed by atoms with E-state index in [1.807, 2.05) is 13.0 Å². The molecule has 112 valence electrons. The fraction of sp³-hybridized carbons (Fsp3) is 0.588. The molecule has 0 bridgehead atoms. The van der Waals surface area contributed by atoms with E-state index in [1.54, 1.807) is 0 Å². The standard InChI is InChI=1S/C17H27NO2/c1-4-20-17(19)12-8-11-16(14(2)3)18-13-15-9-6-5-7-10-15/h5-7,9-10,14,16,18H,4,8,11-13H2,1-3H3. The molecule has 0 saturated carbocycles. The van der Waals surface area contributed by atoms with Gasteiger partial charge in [0.2, 0.25) is 0 Å². The Hall–Kier alpha value is -1.35. The van der Waals surface area contributed by atoms with E-state index >= 15 is 0 Å². The van der Waals surface area contributed by atoms with Crippen molar-refractivity contribution in [3.63, 3.8) is 0 Å². The molecule has 1 N–H and O–H groups in total. The first-order chi connectivity index (χ1) is 9.63. The predicted octanol–water partition coefficient (Wildman–Crippen LogP) is 3.53. The van der Waals surface area contributed by atoms with Crippen LogP contribution in [0.3, 0.4) is 0 Å². The summed E-state index contributed by atoms with van der Waals surface area (Å²) < 4.78 is 4.95. The molecule has 1 aromatic carbocycles. The normalized spacial score (nSPS) is 12.4. The Kier molecular flexibility index (Phi) is 7.97. The lowest BCUT2D eigenvalue weighted by atomic mass is 9.98. The number of ether oxygens (including phenoxy) is 1. The van der Waals surface area contributed by atoms with E-state index in [2.05, 4.69) is 43.4 Å². The van der Waals surface area contributed by atoms with E-state index in [0.29, 0.717) is 25.0 Å². The van der Waals surface area contributed by atoms with Crippen molar-refractivity contribution < 1.29 is 9.53 Å². The van der Waals surface area contributed by atoms with Crippen LogP contribution >= 0.6 is 0 Å². The summed E-state index contributed by atoms with van der Waals surface area (Å²) in [5, 5.41) is 3.59. The minimum absolute atomic E-state index is 0.0851. The van der Waals surface area contributed by atoms with Gasteiger partial charge < -0.3 is 10.1 Å². The highest BCUT2D eigenvalue weighted by Gasteiger charge is 2.13. The third-order valence-corrected chi connectivity index (χ3v) is 3.42. The fourth-order valence-corrected chi connectivity index (χ4v) is 2.22. The zero-order valence-electron chi connectivity index (χ0n) is 12.9. The van der Waals surface area contributed by atoms with Gasteiger partial charge in [-0.2, -0.15) is 0 Å². The number of hydrogen-bond acceptors (Lipinski definition) is 3. The lowest BCUT2D eigenvalue weighted by Crippen LogP contribution is -2.33. The number of carbonyl (C=O) groups is 1. The smallest absolute Gasteiger partial charge is 0.305 e. The maximum Gasteiger partial charge on any atom is 0.305 e. The van der Waals surface area contributed by atoms with E-state index in [9.17, 15) is 4.79 Å². The SMILES string of the molecule is CCOC(=O)CCCC(NCc1ccccc1)C(C)C. The van der Waals surface area contributed by atoms with Gasteiger partial charge in [-0.15, -0.1) is 0 Å². The topological polar surface area (TPSA) is 38.3 Å². The zero-order chi connectivity index (χ0) is 14.8. The summed E-state index contributed by atoms with van der Waals surface area (Å²) in [6, 6.07) is 10.8. The second kappa shape index (κ2) is 9.54. The van der Waals surface area contributed by atoms with Crippen LogP contribution in [0.4, 0.5) is 0 Å². The van der Waals surface area contributed by atoms with Gasteiger partial charge in [0.25, 0.3) is 0 Å². The van der Waals surface area contributed by atoms with Crippen LogP contribution in [0, 0.1) is 5.92 Å². The van der Waals surface area contributed by atoms with Gasteiger partial charge in [-0.1, -0.05) is 44.2 Å². The molecule has 0 aliphatic heterocycles. The summed E-state index contributed by atoms with van der Waals surface area (Å²) in [6.45, 7) is 7.62. The molecule has 0 aromatic heterocycles. The second-order valence-corrected chi connectivity index (χ2v) is 5.41. The minimum Gasteiger partial charge on any atom is -0.466 e. The van der Waals surface area contributed by atoms with Crippen LogP contribution in [0.5, 0.6) is 0 Å². The van der Waals surface area contributed by atoms with Gasteiger partial charge in [0.1, 0.15) is 0 Å². The molecular weight excluding hydrogens is 250 g/mol. The average molecular weight is 277 g/mol. The van der Waals surface area contributed by atoms with Crippen LogP contribution in [-0.2, 0) is 16.1 Å². The van der Waals surface area contributed by atoms with Crippen molar-refractivity contribution in [3.8, 4) is 0 Å². The Labute approximate surface area is 122 Å². The molecule has 1 atom stereocenters. The highest BCUT2D eigenvalue weighted by molar-refractivity contribution is 5.69. The highest BCUT2D eigenvalue weighted by Crippen LogP contribution is 2.12. The molecule has 0 spiro atoms. The Morgan fingerprint density at radius 3 is 2.55 bits per heavy atom. The quantitative estimate of drug-likeness (QED) is 0.702. The van der Waals surface area contributed by atoms with E-state index in [0.717, 1.165) is 19.4 Å². The largest absolute Gasteiger partial charge is 0.466 e. The first-order valence-corrected chi connectivity index (χ1v) is 7.56. The Bertz CT molecular complexity index is 376. The molecule has 0 fully saturated rings. The number of hydrogen-bond donors (Lipinski definition) is 1. The molecule has 0 amide bonds. The second-order valence-electron chi connectivity index (χ2n) is 5.41. The summed E-state index contributed by atoms with van der Waals surface area (Å²) in [5.41, 5.74) is 1.29. The summed E-state index contributed by atoms with van der Waals surface area (Å²) in [7, 11) is 0. The zero-order valence-corrected chi connectivity index (χ0v) is 12.9. The van der Waals surface area contributed by atoms with E-state index in [-0.39, 0.29) is 5.97 Å². The summed E-state index contributed by atoms with van der Waals surface area (Å²) in [5.74, 6) is 0.471. The van der Waals surface area contributed by atoms with Crippen molar-refractivity contribution in [2.45, 2.75) is 52.6 Å². The maximum atomic E-state index is 11.3. The third-order valence-electron chi connectivity index (χ3n) is 3.42. The molecule has 0 heterocycles. The number of carbonyl (C=O) groups excluding carboxylic acids is 1. The lowest BCUT2D eigenvalue weighted by molar-refractivity contribution is -0.143. The molecule has 1 unspecified atom stereocenters. The first kappa shape index (κ1) is 16.7. The van der Waals surface area contributed by atoms with E-state index in [4.69, 9.17) is 4.74 Å². The van der Waals surface area contributed by atoms with Gasteiger partial charge in [0, 0.05) is 19.0 Å². The van der Waals surface area contributed by atoms with Crippen molar-refractivity contribution in [1.29, 1.82) is 0 Å². The summed E-state index contributed by atoms with van der Waals surface area (Å²) in [4.78, 5) is 11.3. The summed E-state index contributed by atoms with van der Waals surface area (Å²) in [6.07, 6.45) is 2.40. The van der Waals surface area contributed by atoms with Crippen LogP contribution in [0.2, 0.25) is 0 Å². The molecule has 1 aromatic rings. The average Bonchev–Trinajstić information content (AvgIpc) is 2.43. The van der Waals surface area contributed by atoms with Gasteiger partial charge in [0.05, 0.1) is 6.61 Å². The molecule has 0 aliphatic carbocycles. The van der Waals surface area contributed by atoms with Crippen molar-refractivity contribution in [3.05, 3.63) is 35.9 Å². The van der Waals surface area contributed by atoms with E-state index in [1.165, 1.54) is 5.56 Å². The van der Waals surface area contributed by atoms with Gasteiger partial charge in [0.15, 0.2) is 0 Å². The number of nitrogens with one attached hydrogen (secondary N) is 1. The van der Waals surface area contributed by atoms with E-state index < -0.39 is 0 Å². The lowest BCUT2D eigenvalue weighted by Gasteiger charge is -2.22. The molecule has 20 heavy (non-hydrogen) atoms. The number of esters is 1. The third kappa shape index (κ3) is 6.71. The van der Waals surface area contributed by atoms with Crippen molar-refractivity contribution in [2.75, 3.05) is 6.61 Å².